The first-order valence-electron chi connectivity index (χ1n) is 9.92. The molecule has 1 amide bonds. The third kappa shape index (κ3) is 4.58. The van der Waals surface area contributed by atoms with Crippen LogP contribution in [0.3, 0.4) is 0 Å². The molecule has 3 aromatic heterocycles. The van der Waals surface area contributed by atoms with Crippen LogP contribution in [0, 0.1) is 26.2 Å². The molecule has 0 aliphatic heterocycles. The summed E-state index contributed by atoms with van der Waals surface area (Å²) in [5, 5.41) is 9.18. The Hall–Kier alpha value is -3.83. The molecule has 32 heavy (non-hydrogen) atoms. The van der Waals surface area contributed by atoms with E-state index in [1.807, 2.05) is 49.7 Å². The molecule has 0 bridgehead atoms. The number of aromatic nitrogens is 3. The van der Waals surface area contributed by atoms with Gasteiger partial charge in [0.1, 0.15) is 12.0 Å². The predicted molar refractivity (Wildman–Crippen MR) is 122 cm³/mol. The Bertz CT molecular complexity index is 1330. The highest BCUT2D eigenvalue weighted by Gasteiger charge is 2.12. The van der Waals surface area contributed by atoms with Crippen molar-refractivity contribution in [2.75, 3.05) is 0 Å². The minimum atomic E-state index is -0.368. The van der Waals surface area contributed by atoms with Gasteiger partial charge in [0.15, 0.2) is 0 Å². The minimum absolute atomic E-state index is 0.126. The lowest BCUT2D eigenvalue weighted by molar-refractivity contribution is 0.0954. The summed E-state index contributed by atoms with van der Waals surface area (Å²) in [5.41, 5.74) is 4.46. The number of nitrogens with one attached hydrogen (secondary N) is 1. The van der Waals surface area contributed by atoms with Gasteiger partial charge >= 0.3 is 0 Å². The molecule has 0 unspecified atom stereocenters. The van der Waals surface area contributed by atoms with Gasteiger partial charge in [-0.05, 0) is 54.1 Å². The topological polar surface area (TPSA) is 64.2 Å². The molecule has 0 spiro atoms. The van der Waals surface area contributed by atoms with E-state index in [0.717, 1.165) is 27.9 Å². The number of benzene rings is 1. The van der Waals surface area contributed by atoms with Gasteiger partial charge in [-0.15, -0.1) is 16.3 Å². The van der Waals surface area contributed by atoms with Crippen LogP contribution in [0.25, 0.3) is 16.1 Å². The number of nitrogens with zero attached hydrogens (tertiary/aromatic N) is 4. The number of carbonyl (C=O) groups is 1. The average molecular weight is 446 g/mol. The van der Waals surface area contributed by atoms with Crippen LogP contribution in [0.2, 0.25) is 0 Å². The SMILES string of the molecule is [C-]#[N+]c1ncc(-c2ccn(Cc3ccc(CNC(=O)c4sccc4C)c(F)c3)n2)cc1C. The third-order valence-electron chi connectivity index (χ3n) is 5.06. The van der Waals surface area contributed by atoms with E-state index in [1.165, 1.54) is 17.4 Å². The Balaban J connectivity index is 1.42. The van der Waals surface area contributed by atoms with Crippen LogP contribution in [-0.2, 0) is 13.1 Å². The number of halogens is 1. The molecule has 4 aromatic rings. The molecule has 3 heterocycles. The molecular weight excluding hydrogens is 425 g/mol. The van der Waals surface area contributed by atoms with E-state index in [-0.39, 0.29) is 18.3 Å². The van der Waals surface area contributed by atoms with E-state index in [4.69, 9.17) is 6.57 Å². The zero-order valence-corrected chi connectivity index (χ0v) is 18.4. The fraction of sp³-hybridized carbons (Fsp3) is 0.167. The first-order chi connectivity index (χ1) is 15.4. The largest absolute Gasteiger partial charge is 0.360 e. The quantitative estimate of drug-likeness (QED) is 0.410. The van der Waals surface area contributed by atoms with Gasteiger partial charge in [-0.2, -0.15) is 5.10 Å². The zero-order valence-electron chi connectivity index (χ0n) is 17.6. The van der Waals surface area contributed by atoms with Crippen LogP contribution in [0.5, 0.6) is 0 Å². The maximum absolute atomic E-state index is 14.6. The van der Waals surface area contributed by atoms with Crippen LogP contribution in [0.1, 0.15) is 31.9 Å². The normalized spacial score (nSPS) is 10.7. The minimum Gasteiger partial charge on any atom is -0.360 e. The standard InChI is InChI=1S/C24H20FN5OS/c1-15-7-9-32-22(15)24(31)28-12-18-5-4-17(11-20(18)25)14-30-8-6-21(29-30)19-10-16(2)23(26-3)27-13-19/h4-11,13H,12,14H2,1-2H3,(H,28,31). The Kier molecular flexibility index (Phi) is 6.10. The van der Waals surface area contributed by atoms with Crippen molar-refractivity contribution in [1.82, 2.24) is 20.1 Å². The molecule has 0 aliphatic rings. The number of hydrogen-bond donors (Lipinski definition) is 1. The van der Waals surface area contributed by atoms with E-state index in [9.17, 15) is 9.18 Å². The zero-order chi connectivity index (χ0) is 22.7. The van der Waals surface area contributed by atoms with Crippen molar-refractivity contribution in [2.24, 2.45) is 0 Å². The molecule has 6 nitrogen and oxygen atoms in total. The highest BCUT2D eigenvalue weighted by molar-refractivity contribution is 7.12. The second kappa shape index (κ2) is 9.12. The number of pyridine rings is 1. The van der Waals surface area contributed by atoms with Crippen LogP contribution < -0.4 is 5.32 Å². The number of rotatable bonds is 6. The predicted octanol–water partition coefficient (Wildman–Crippen LogP) is 5.29. The molecule has 8 heteroatoms. The Morgan fingerprint density at radius 2 is 2.06 bits per heavy atom. The average Bonchev–Trinajstić information content (AvgIpc) is 3.42. The van der Waals surface area contributed by atoms with Gasteiger partial charge in [0.25, 0.3) is 11.7 Å². The third-order valence-corrected chi connectivity index (χ3v) is 6.08. The second-order valence-corrected chi connectivity index (χ2v) is 8.33. The maximum atomic E-state index is 14.6. The van der Waals surface area contributed by atoms with Gasteiger partial charge in [-0.1, -0.05) is 24.8 Å². The molecule has 0 fully saturated rings. The van der Waals surface area contributed by atoms with E-state index in [1.54, 1.807) is 16.9 Å². The molecular formula is C24H20FN5OS. The molecule has 0 atom stereocenters. The summed E-state index contributed by atoms with van der Waals surface area (Å²) < 4.78 is 16.3. The van der Waals surface area contributed by atoms with E-state index < -0.39 is 0 Å². The molecule has 4 rings (SSSR count). The van der Waals surface area contributed by atoms with Gasteiger partial charge < -0.3 is 10.2 Å². The molecule has 1 aromatic carbocycles. The van der Waals surface area contributed by atoms with Gasteiger partial charge in [0, 0.05) is 23.9 Å². The van der Waals surface area contributed by atoms with Gasteiger partial charge in [-0.3, -0.25) is 9.48 Å². The van der Waals surface area contributed by atoms with Crippen molar-refractivity contribution in [3.8, 4) is 11.3 Å². The van der Waals surface area contributed by atoms with E-state index >= 15 is 0 Å². The first-order valence-corrected chi connectivity index (χ1v) is 10.8. The lowest BCUT2D eigenvalue weighted by Crippen LogP contribution is -2.23. The lowest BCUT2D eigenvalue weighted by Gasteiger charge is -2.08. The first kappa shape index (κ1) is 21.4. The van der Waals surface area contributed by atoms with Crippen molar-refractivity contribution < 1.29 is 9.18 Å². The summed E-state index contributed by atoms with van der Waals surface area (Å²) in [6.07, 6.45) is 3.45. The summed E-state index contributed by atoms with van der Waals surface area (Å²) in [5.74, 6) is -0.183. The Labute approximate surface area is 189 Å². The summed E-state index contributed by atoms with van der Waals surface area (Å²) >= 11 is 1.37. The highest BCUT2D eigenvalue weighted by atomic mass is 32.1. The second-order valence-electron chi connectivity index (χ2n) is 7.42. The summed E-state index contributed by atoms with van der Waals surface area (Å²) in [6.45, 7) is 11.4. The Morgan fingerprint density at radius 1 is 1.22 bits per heavy atom. The number of hydrogen-bond acceptors (Lipinski definition) is 4. The fourth-order valence-electron chi connectivity index (χ4n) is 3.31. The highest BCUT2D eigenvalue weighted by Crippen LogP contribution is 2.23. The Morgan fingerprint density at radius 3 is 2.75 bits per heavy atom. The van der Waals surface area contributed by atoms with Crippen LogP contribution in [0.15, 0.2) is 54.2 Å². The van der Waals surface area contributed by atoms with Crippen LogP contribution in [-0.4, -0.2) is 20.7 Å². The van der Waals surface area contributed by atoms with Crippen molar-refractivity contribution >= 4 is 23.1 Å². The van der Waals surface area contributed by atoms with Gasteiger partial charge in [0.05, 0.1) is 17.1 Å². The number of carbonyl (C=O) groups excluding carboxylic acids is 1. The van der Waals surface area contributed by atoms with Crippen molar-refractivity contribution in [3.05, 3.63) is 98.5 Å². The molecule has 0 saturated carbocycles. The number of aryl methyl sites for hydroxylation is 2. The molecule has 0 radical (unpaired) electrons. The van der Waals surface area contributed by atoms with Gasteiger partial charge in [0.2, 0.25) is 0 Å². The molecule has 0 saturated heterocycles. The summed E-state index contributed by atoms with van der Waals surface area (Å²) in [7, 11) is 0. The lowest BCUT2D eigenvalue weighted by atomic mass is 10.1. The van der Waals surface area contributed by atoms with Gasteiger partial charge in [-0.25, -0.2) is 4.39 Å². The number of thiophene rings is 1. The van der Waals surface area contributed by atoms with Crippen molar-refractivity contribution in [3.63, 3.8) is 0 Å². The van der Waals surface area contributed by atoms with Crippen LogP contribution >= 0.6 is 11.3 Å². The van der Waals surface area contributed by atoms with Crippen LogP contribution in [0.4, 0.5) is 10.2 Å². The fourth-order valence-corrected chi connectivity index (χ4v) is 4.15. The maximum Gasteiger partial charge on any atom is 0.272 e. The molecule has 0 aliphatic carbocycles. The van der Waals surface area contributed by atoms with E-state index in [2.05, 4.69) is 20.2 Å². The summed E-state index contributed by atoms with van der Waals surface area (Å²) in [4.78, 5) is 20.4. The van der Waals surface area contributed by atoms with E-state index in [0.29, 0.717) is 22.8 Å². The van der Waals surface area contributed by atoms with Crippen molar-refractivity contribution in [2.45, 2.75) is 26.9 Å². The molecule has 160 valence electrons. The number of amides is 1. The smallest absolute Gasteiger partial charge is 0.272 e. The van der Waals surface area contributed by atoms with Crippen molar-refractivity contribution in [1.29, 1.82) is 0 Å². The summed E-state index contributed by atoms with van der Waals surface area (Å²) in [6, 6.07) is 10.6. The monoisotopic (exact) mass is 445 g/mol. The molecule has 1 N–H and O–H groups in total.